The topological polar surface area (TPSA) is 78.4 Å². The highest BCUT2D eigenvalue weighted by Crippen LogP contribution is 2.19. The van der Waals surface area contributed by atoms with Crippen LogP contribution in [-0.4, -0.2) is 23.6 Å². The van der Waals surface area contributed by atoms with Crippen LogP contribution >= 0.6 is 0 Å². The number of amides is 2. The molecule has 0 spiro atoms. The first-order valence-corrected chi connectivity index (χ1v) is 7.03. The van der Waals surface area contributed by atoms with E-state index in [2.05, 4.69) is 5.32 Å². The van der Waals surface area contributed by atoms with Gasteiger partial charge in [0.2, 0.25) is 11.8 Å². The molecule has 0 aliphatic heterocycles. The summed E-state index contributed by atoms with van der Waals surface area (Å²) in [7, 11) is 0. The van der Waals surface area contributed by atoms with Crippen molar-refractivity contribution in [2.45, 2.75) is 12.8 Å². The molecule has 2 rings (SSSR count). The predicted molar refractivity (Wildman–Crippen MR) is 83.1 cm³/mol. The zero-order valence-corrected chi connectivity index (χ0v) is 12.1. The highest BCUT2D eigenvalue weighted by Gasteiger charge is 2.05. The highest BCUT2D eigenvalue weighted by molar-refractivity contribution is 5.80. The molecular formula is C17H18N2O3. The maximum atomic E-state index is 11.7. The van der Waals surface area contributed by atoms with Gasteiger partial charge < -0.3 is 5.32 Å². The number of hydroxylamine groups is 1. The summed E-state index contributed by atoms with van der Waals surface area (Å²) in [6.45, 7) is 0.202. The minimum Gasteiger partial charge on any atom is -0.355 e. The number of carbonyl (C=O) groups excluding carboxylic acids is 2. The number of rotatable bonds is 6. The van der Waals surface area contributed by atoms with Gasteiger partial charge in [0.1, 0.15) is 0 Å². The van der Waals surface area contributed by atoms with Crippen LogP contribution in [0.3, 0.4) is 0 Å². The summed E-state index contributed by atoms with van der Waals surface area (Å²) in [5.74, 6) is -0.675. The molecule has 0 bridgehead atoms. The second-order valence-corrected chi connectivity index (χ2v) is 4.87. The van der Waals surface area contributed by atoms with Crippen molar-refractivity contribution in [1.29, 1.82) is 0 Å². The third kappa shape index (κ3) is 4.71. The molecule has 0 atom stereocenters. The van der Waals surface area contributed by atoms with Crippen molar-refractivity contribution < 1.29 is 14.8 Å². The summed E-state index contributed by atoms with van der Waals surface area (Å²) in [6, 6.07) is 17.8. The van der Waals surface area contributed by atoms with Crippen molar-refractivity contribution in [3.05, 3.63) is 60.2 Å². The van der Waals surface area contributed by atoms with E-state index in [0.717, 1.165) is 16.7 Å². The molecule has 114 valence electrons. The maximum absolute atomic E-state index is 11.7. The molecule has 2 aromatic carbocycles. The minimum absolute atomic E-state index is 0.0508. The normalized spacial score (nSPS) is 10.0. The van der Waals surface area contributed by atoms with Crippen molar-refractivity contribution in [1.82, 2.24) is 10.8 Å². The largest absolute Gasteiger partial charge is 0.355 e. The van der Waals surface area contributed by atoms with Gasteiger partial charge in [-0.1, -0.05) is 54.6 Å². The monoisotopic (exact) mass is 298 g/mol. The van der Waals surface area contributed by atoms with Crippen molar-refractivity contribution in [3.8, 4) is 11.1 Å². The van der Waals surface area contributed by atoms with E-state index in [1.807, 2.05) is 54.6 Å². The molecule has 0 aliphatic rings. The Hall–Kier alpha value is -2.66. The van der Waals surface area contributed by atoms with Gasteiger partial charge in [-0.15, -0.1) is 0 Å². The fraction of sp³-hybridized carbons (Fsp3) is 0.176. The van der Waals surface area contributed by atoms with Gasteiger partial charge in [-0.25, -0.2) is 5.48 Å². The third-order valence-corrected chi connectivity index (χ3v) is 3.22. The quantitative estimate of drug-likeness (QED) is 0.563. The van der Waals surface area contributed by atoms with Crippen LogP contribution in [0, 0.1) is 0 Å². The van der Waals surface area contributed by atoms with E-state index in [-0.39, 0.29) is 25.3 Å². The van der Waals surface area contributed by atoms with Crippen LogP contribution in [0.5, 0.6) is 0 Å². The number of hydrogen-bond donors (Lipinski definition) is 3. The van der Waals surface area contributed by atoms with Gasteiger partial charge in [0.05, 0.1) is 6.42 Å². The van der Waals surface area contributed by atoms with Gasteiger partial charge in [0.25, 0.3) is 0 Å². The average molecular weight is 298 g/mol. The van der Waals surface area contributed by atoms with Crippen molar-refractivity contribution in [2.24, 2.45) is 0 Å². The molecule has 2 amide bonds. The van der Waals surface area contributed by atoms with E-state index in [0.29, 0.717) is 0 Å². The van der Waals surface area contributed by atoms with Crippen LogP contribution in [0.25, 0.3) is 11.1 Å². The van der Waals surface area contributed by atoms with Gasteiger partial charge in [-0.3, -0.25) is 14.8 Å². The molecule has 0 radical (unpaired) electrons. The molecule has 2 aromatic rings. The summed E-state index contributed by atoms with van der Waals surface area (Å²) in [4.78, 5) is 22.5. The number of benzene rings is 2. The second-order valence-electron chi connectivity index (χ2n) is 4.87. The fourth-order valence-electron chi connectivity index (χ4n) is 2.06. The molecule has 0 unspecified atom stereocenters. The first-order valence-electron chi connectivity index (χ1n) is 7.03. The lowest BCUT2D eigenvalue weighted by Gasteiger charge is -2.06. The van der Waals surface area contributed by atoms with E-state index in [1.165, 1.54) is 5.48 Å². The van der Waals surface area contributed by atoms with Gasteiger partial charge in [0, 0.05) is 13.0 Å². The van der Waals surface area contributed by atoms with Gasteiger partial charge in [0.15, 0.2) is 0 Å². The first-order chi connectivity index (χ1) is 10.7. The van der Waals surface area contributed by atoms with Crippen molar-refractivity contribution in [2.75, 3.05) is 6.54 Å². The average Bonchev–Trinajstić information content (AvgIpc) is 2.56. The van der Waals surface area contributed by atoms with Gasteiger partial charge >= 0.3 is 0 Å². The molecule has 0 aromatic heterocycles. The summed E-state index contributed by atoms with van der Waals surface area (Å²) < 4.78 is 0. The molecule has 5 nitrogen and oxygen atoms in total. The predicted octanol–water partition coefficient (Wildman–Crippen LogP) is 1.91. The van der Waals surface area contributed by atoms with E-state index in [9.17, 15) is 9.59 Å². The van der Waals surface area contributed by atoms with Crippen molar-refractivity contribution >= 4 is 11.8 Å². The molecule has 0 aliphatic carbocycles. The maximum Gasteiger partial charge on any atom is 0.245 e. The van der Waals surface area contributed by atoms with Crippen LogP contribution in [0.4, 0.5) is 0 Å². The Bertz CT molecular complexity index is 624. The van der Waals surface area contributed by atoms with Gasteiger partial charge in [-0.2, -0.15) is 0 Å². The number of nitrogens with one attached hydrogen (secondary N) is 2. The lowest BCUT2D eigenvalue weighted by Crippen LogP contribution is -2.30. The van der Waals surface area contributed by atoms with E-state index < -0.39 is 5.91 Å². The Kier molecular flexibility index (Phi) is 5.68. The van der Waals surface area contributed by atoms with Crippen LogP contribution < -0.4 is 10.8 Å². The standard InChI is InChI=1S/C17H18N2O3/c20-16(19-22)10-11-18-17(21)12-13-6-8-15(9-7-13)14-4-2-1-3-5-14/h1-9,22H,10-12H2,(H,18,21)(H,19,20). The Labute approximate surface area is 128 Å². The fourth-order valence-corrected chi connectivity index (χ4v) is 2.06. The molecular weight excluding hydrogens is 280 g/mol. The molecule has 5 heteroatoms. The zero-order valence-electron chi connectivity index (χ0n) is 12.1. The highest BCUT2D eigenvalue weighted by atomic mass is 16.5. The number of hydrogen-bond acceptors (Lipinski definition) is 3. The summed E-state index contributed by atoms with van der Waals surface area (Å²) in [5, 5.41) is 11.0. The number of carbonyl (C=O) groups is 2. The lowest BCUT2D eigenvalue weighted by molar-refractivity contribution is -0.129. The van der Waals surface area contributed by atoms with Crippen LogP contribution in [0.15, 0.2) is 54.6 Å². The van der Waals surface area contributed by atoms with Crippen LogP contribution in [0.2, 0.25) is 0 Å². The first kappa shape index (κ1) is 15.7. The zero-order chi connectivity index (χ0) is 15.8. The molecule has 0 fully saturated rings. The van der Waals surface area contributed by atoms with Crippen molar-refractivity contribution in [3.63, 3.8) is 0 Å². The van der Waals surface area contributed by atoms with Crippen LogP contribution in [0.1, 0.15) is 12.0 Å². The Morgan fingerprint density at radius 1 is 0.864 bits per heavy atom. The molecule has 22 heavy (non-hydrogen) atoms. The molecule has 0 saturated heterocycles. The Morgan fingerprint density at radius 2 is 1.50 bits per heavy atom. The van der Waals surface area contributed by atoms with Crippen LogP contribution in [-0.2, 0) is 16.0 Å². The second kappa shape index (κ2) is 7.95. The smallest absolute Gasteiger partial charge is 0.245 e. The van der Waals surface area contributed by atoms with Gasteiger partial charge in [-0.05, 0) is 16.7 Å². The summed E-state index contributed by atoms with van der Waals surface area (Å²) >= 11 is 0. The third-order valence-electron chi connectivity index (χ3n) is 3.22. The SMILES string of the molecule is O=C(CCNC(=O)Cc1ccc(-c2ccccc2)cc1)NO. The Morgan fingerprint density at radius 3 is 2.14 bits per heavy atom. The summed E-state index contributed by atoms with van der Waals surface area (Å²) in [6.07, 6.45) is 0.311. The minimum atomic E-state index is -0.521. The molecule has 3 N–H and O–H groups in total. The van der Waals surface area contributed by atoms with E-state index in [4.69, 9.17) is 5.21 Å². The lowest BCUT2D eigenvalue weighted by atomic mass is 10.0. The summed E-state index contributed by atoms with van der Waals surface area (Å²) in [5.41, 5.74) is 4.66. The van der Waals surface area contributed by atoms with E-state index in [1.54, 1.807) is 0 Å². The van der Waals surface area contributed by atoms with E-state index >= 15 is 0 Å². The molecule has 0 heterocycles. The Balaban J connectivity index is 1.86. The molecule has 0 saturated carbocycles.